The summed E-state index contributed by atoms with van der Waals surface area (Å²) in [5.41, 5.74) is 6.42. The maximum Gasteiger partial charge on any atom is 0.238 e. The lowest BCUT2D eigenvalue weighted by Crippen LogP contribution is -2.27. The molecule has 0 aliphatic carbocycles. The Bertz CT molecular complexity index is 2730. The minimum absolute atomic E-state index is 0.107. The summed E-state index contributed by atoms with van der Waals surface area (Å²) in [6.45, 7) is 1.95. The number of benzene rings is 8. The number of carbonyl (C=O) groups excluding carboxylic acids is 2. The van der Waals surface area contributed by atoms with Crippen LogP contribution < -0.4 is 14.3 Å². The fourth-order valence-electron chi connectivity index (χ4n) is 6.16. The van der Waals surface area contributed by atoms with Crippen molar-refractivity contribution in [2.45, 2.75) is 6.92 Å². The largest absolute Gasteiger partial charge is 0.508 e. The number of nitrogens with zero attached hydrogens (tertiary/aromatic N) is 2. The first-order chi connectivity index (χ1) is 29.3. The van der Waals surface area contributed by atoms with Crippen LogP contribution in [0, 0.1) is 6.92 Å². The van der Waals surface area contributed by atoms with E-state index in [9.17, 15) is 14.7 Å². The van der Waals surface area contributed by atoms with E-state index >= 15 is 0 Å². The molecular weight excluding hydrogens is 749 g/mol. The SMILES string of the molecule is C[n+]1nc2ccccc2o1.Cc1ccc(-c2ccc(C(=O)c3ccc(O)cc3)cc2)c(C(=O)c2ccc(Oc3ccc(Oc4ccccc4)cc3)cc2)c1.c1ccccc1. The van der Waals surface area contributed by atoms with Crippen LogP contribution in [0.3, 0.4) is 0 Å². The number of aromatic nitrogens is 2. The topological polar surface area (TPSA) is 103 Å². The van der Waals surface area contributed by atoms with Crippen molar-refractivity contribution in [3.63, 3.8) is 0 Å². The van der Waals surface area contributed by atoms with E-state index in [1.54, 1.807) is 55.6 Å². The van der Waals surface area contributed by atoms with E-state index in [1.807, 2.05) is 153 Å². The number of phenolic OH excluding ortho intramolecular Hbond substituents is 1. The van der Waals surface area contributed by atoms with Crippen LogP contribution in [-0.2, 0) is 7.05 Å². The molecule has 1 heterocycles. The molecule has 294 valence electrons. The van der Waals surface area contributed by atoms with Gasteiger partial charge >= 0.3 is 0 Å². The quantitative estimate of drug-likeness (QED) is 0.115. The standard InChI is InChI=1S/C39H28O5.C7H7N2O.C6H6/c1-26-7-24-36(27-8-10-28(11-9-27)38(41)29-12-16-31(40)17-13-29)37(25-26)39(42)30-14-18-33(19-15-30)44-35-22-20-34(21-23-35)43-32-5-3-2-4-6-32;1-9-8-6-4-2-3-5-7(6)10-9;1-2-4-6-5-3-1/h2-25,40H,1H3;2-5H,1H3;1-6H/q;+1;. The van der Waals surface area contributed by atoms with Crippen molar-refractivity contribution in [2.24, 2.45) is 7.05 Å². The number of aromatic hydroxyl groups is 1. The highest BCUT2D eigenvalue weighted by Gasteiger charge is 2.17. The van der Waals surface area contributed by atoms with Crippen LogP contribution >= 0.6 is 0 Å². The smallest absolute Gasteiger partial charge is 0.238 e. The van der Waals surface area contributed by atoms with E-state index < -0.39 is 0 Å². The van der Waals surface area contributed by atoms with Crippen molar-refractivity contribution in [1.29, 1.82) is 0 Å². The van der Waals surface area contributed by atoms with E-state index in [4.69, 9.17) is 14.0 Å². The molecule has 8 nitrogen and oxygen atoms in total. The summed E-state index contributed by atoms with van der Waals surface area (Å²) in [6.07, 6.45) is 0. The van der Waals surface area contributed by atoms with Crippen LogP contribution in [-0.4, -0.2) is 21.8 Å². The molecule has 9 rings (SSSR count). The molecule has 0 spiro atoms. The Morgan fingerprint density at radius 1 is 0.517 bits per heavy atom. The van der Waals surface area contributed by atoms with Crippen LogP contribution in [0.25, 0.3) is 22.2 Å². The van der Waals surface area contributed by atoms with Crippen molar-refractivity contribution >= 4 is 22.7 Å². The van der Waals surface area contributed by atoms with Crippen molar-refractivity contribution in [3.05, 3.63) is 234 Å². The second-order valence-corrected chi connectivity index (χ2v) is 13.6. The Morgan fingerprint density at radius 3 is 1.53 bits per heavy atom. The molecule has 0 saturated carbocycles. The highest BCUT2D eigenvalue weighted by atomic mass is 16.5. The monoisotopic (exact) mass is 789 g/mol. The summed E-state index contributed by atoms with van der Waals surface area (Å²) in [5, 5.41) is 13.6. The second-order valence-electron chi connectivity index (χ2n) is 13.6. The third kappa shape index (κ3) is 10.6. The van der Waals surface area contributed by atoms with Crippen LogP contribution in [0.1, 0.15) is 37.4 Å². The van der Waals surface area contributed by atoms with Crippen molar-refractivity contribution < 1.29 is 33.5 Å². The zero-order valence-corrected chi connectivity index (χ0v) is 33.0. The molecule has 1 N–H and O–H groups in total. The molecule has 0 saturated heterocycles. The van der Waals surface area contributed by atoms with E-state index in [-0.39, 0.29) is 17.3 Å². The number of para-hydroxylation sites is 2. The fraction of sp³-hybridized carbons (Fsp3) is 0.0385. The lowest BCUT2D eigenvalue weighted by Gasteiger charge is -2.12. The van der Waals surface area contributed by atoms with Crippen LogP contribution in [0.2, 0.25) is 0 Å². The predicted octanol–water partition coefficient (Wildman–Crippen LogP) is 11.8. The summed E-state index contributed by atoms with van der Waals surface area (Å²) in [7, 11) is 1.76. The van der Waals surface area contributed by atoms with Gasteiger partial charge in [-0.1, -0.05) is 109 Å². The molecular formula is C52H41N2O6+. The van der Waals surface area contributed by atoms with Gasteiger partial charge < -0.3 is 14.6 Å². The molecule has 1 aromatic heterocycles. The van der Waals surface area contributed by atoms with Gasteiger partial charge in [0.1, 0.15) is 28.7 Å². The molecule has 0 radical (unpaired) electrons. The number of hydrogen-bond donors (Lipinski definition) is 1. The lowest BCUT2D eigenvalue weighted by molar-refractivity contribution is -0.887. The number of fused-ring (bicyclic) bond motifs is 1. The molecule has 0 aliphatic heterocycles. The summed E-state index contributed by atoms with van der Waals surface area (Å²) < 4.78 is 17.0. The van der Waals surface area contributed by atoms with Crippen molar-refractivity contribution in [3.8, 4) is 39.9 Å². The Kier molecular flexibility index (Phi) is 12.9. The maximum absolute atomic E-state index is 13.7. The highest BCUT2D eigenvalue weighted by molar-refractivity contribution is 6.13. The number of phenols is 1. The van der Waals surface area contributed by atoms with Gasteiger partial charge in [-0.2, -0.15) is 0 Å². The third-order valence-corrected chi connectivity index (χ3v) is 9.17. The second kappa shape index (κ2) is 19.4. The zero-order chi connectivity index (χ0) is 41.7. The van der Waals surface area contributed by atoms with Crippen LogP contribution in [0.4, 0.5) is 0 Å². The van der Waals surface area contributed by atoms with Gasteiger partial charge in [0.2, 0.25) is 12.6 Å². The third-order valence-electron chi connectivity index (χ3n) is 9.17. The van der Waals surface area contributed by atoms with Gasteiger partial charge in [-0.15, -0.1) is 0 Å². The fourth-order valence-corrected chi connectivity index (χ4v) is 6.16. The first-order valence-electron chi connectivity index (χ1n) is 19.2. The molecule has 8 aromatic carbocycles. The molecule has 0 fully saturated rings. The van der Waals surface area contributed by atoms with E-state index in [2.05, 4.69) is 5.10 Å². The number of ketones is 2. The van der Waals surface area contributed by atoms with Gasteiger partial charge in [-0.3, -0.25) is 9.59 Å². The Hall–Kier alpha value is -8.10. The maximum atomic E-state index is 13.7. The van der Waals surface area contributed by atoms with Gasteiger partial charge in [-0.25, -0.2) is 4.52 Å². The van der Waals surface area contributed by atoms with Crippen molar-refractivity contribution in [1.82, 2.24) is 5.10 Å². The normalized spacial score (nSPS) is 10.4. The van der Waals surface area contributed by atoms with Crippen molar-refractivity contribution in [2.75, 3.05) is 0 Å². The molecule has 0 unspecified atom stereocenters. The summed E-state index contributed by atoms with van der Waals surface area (Å²) in [5.74, 6) is 2.58. The molecule has 9 aromatic rings. The number of rotatable bonds is 9. The minimum atomic E-state index is -0.143. The summed E-state index contributed by atoms with van der Waals surface area (Å²) >= 11 is 0. The van der Waals surface area contributed by atoms with Crippen LogP contribution in [0.15, 0.2) is 211 Å². The van der Waals surface area contributed by atoms with E-state index in [0.29, 0.717) is 39.5 Å². The number of carbonyl (C=O) groups is 2. The predicted molar refractivity (Wildman–Crippen MR) is 233 cm³/mol. The first-order valence-corrected chi connectivity index (χ1v) is 19.2. The van der Waals surface area contributed by atoms with Gasteiger partial charge in [0, 0.05) is 27.4 Å². The summed E-state index contributed by atoms with van der Waals surface area (Å²) in [6, 6.07) is 62.8. The van der Waals surface area contributed by atoms with E-state index in [1.165, 1.54) is 17.0 Å². The highest BCUT2D eigenvalue weighted by Crippen LogP contribution is 2.30. The Balaban J connectivity index is 0.000000280. The molecule has 0 atom stereocenters. The van der Waals surface area contributed by atoms with Gasteiger partial charge in [0.05, 0.1) is 4.85 Å². The van der Waals surface area contributed by atoms with Crippen LogP contribution in [0.5, 0.6) is 28.7 Å². The van der Waals surface area contributed by atoms with E-state index in [0.717, 1.165) is 33.5 Å². The minimum Gasteiger partial charge on any atom is -0.508 e. The van der Waals surface area contributed by atoms with Gasteiger partial charge in [-0.05, 0) is 121 Å². The number of hydrogen-bond acceptors (Lipinski definition) is 7. The Labute approximate surface area is 348 Å². The molecule has 60 heavy (non-hydrogen) atoms. The zero-order valence-electron chi connectivity index (χ0n) is 33.0. The lowest BCUT2D eigenvalue weighted by atomic mass is 9.91. The molecule has 0 bridgehead atoms. The molecule has 8 heteroatoms. The Morgan fingerprint density at radius 2 is 0.967 bits per heavy atom. The molecule has 0 aliphatic rings. The molecule has 0 amide bonds. The first kappa shape index (κ1) is 40.1. The number of aryl methyl sites for hydroxylation is 2. The number of ether oxygens (including phenoxy) is 2. The van der Waals surface area contributed by atoms with Gasteiger partial charge in [0.15, 0.2) is 17.1 Å². The average Bonchev–Trinajstić information content (AvgIpc) is 3.69. The van der Waals surface area contributed by atoms with Gasteiger partial charge in [0.25, 0.3) is 0 Å². The average molecular weight is 790 g/mol. The summed E-state index contributed by atoms with van der Waals surface area (Å²) in [4.78, 5) is 28.0.